The monoisotopic (exact) mass is 411 g/mol. The van der Waals surface area contributed by atoms with E-state index in [9.17, 15) is 4.79 Å². The molecule has 0 spiro atoms. The minimum absolute atomic E-state index is 0.0314. The van der Waals surface area contributed by atoms with Gasteiger partial charge in [-0.1, -0.05) is 44.2 Å². The minimum atomic E-state index is -0.0314. The van der Waals surface area contributed by atoms with Crippen molar-refractivity contribution < 1.29 is 14.3 Å². The number of piperazine rings is 1. The summed E-state index contributed by atoms with van der Waals surface area (Å²) >= 11 is 0. The molecule has 1 fully saturated rings. The van der Waals surface area contributed by atoms with Crippen molar-refractivity contribution in [2.45, 2.75) is 26.5 Å². The maximum atomic E-state index is 12.9. The Morgan fingerprint density at radius 3 is 2.67 bits per heavy atom. The topological polar surface area (TPSA) is 54.0 Å². The first-order valence-corrected chi connectivity index (χ1v) is 10.6. The Balaban J connectivity index is 1.47. The molecule has 3 rings (SSSR count). The number of hydrogen-bond donors (Lipinski definition) is 1. The van der Waals surface area contributed by atoms with E-state index in [4.69, 9.17) is 9.47 Å². The third kappa shape index (κ3) is 6.47. The molecule has 1 aliphatic heterocycles. The Kier molecular flexibility index (Phi) is 8.11. The number of nitrogens with one attached hydrogen (secondary N) is 1. The van der Waals surface area contributed by atoms with E-state index in [-0.39, 0.29) is 12.1 Å². The lowest BCUT2D eigenvalue weighted by Gasteiger charge is -2.42. The fourth-order valence-electron chi connectivity index (χ4n) is 3.64. The van der Waals surface area contributed by atoms with Gasteiger partial charge in [-0.3, -0.25) is 0 Å². The predicted molar refractivity (Wildman–Crippen MR) is 120 cm³/mol. The van der Waals surface area contributed by atoms with Crippen molar-refractivity contribution in [3.8, 4) is 5.75 Å². The largest absolute Gasteiger partial charge is 0.491 e. The summed E-state index contributed by atoms with van der Waals surface area (Å²) in [6.07, 6.45) is 0. The second kappa shape index (κ2) is 11.0. The van der Waals surface area contributed by atoms with Gasteiger partial charge in [0.15, 0.2) is 0 Å². The van der Waals surface area contributed by atoms with Crippen molar-refractivity contribution in [3.05, 3.63) is 60.2 Å². The highest BCUT2D eigenvalue weighted by Gasteiger charge is 2.31. The lowest BCUT2D eigenvalue weighted by Crippen LogP contribution is -2.57. The molecule has 1 aliphatic rings. The van der Waals surface area contributed by atoms with Crippen LogP contribution in [0, 0.1) is 5.92 Å². The van der Waals surface area contributed by atoms with E-state index < -0.39 is 0 Å². The van der Waals surface area contributed by atoms with E-state index in [2.05, 4.69) is 31.1 Å². The molecule has 1 N–H and O–H groups in total. The molecule has 1 atom stereocenters. The smallest absolute Gasteiger partial charge is 0.322 e. The van der Waals surface area contributed by atoms with Gasteiger partial charge < -0.3 is 24.6 Å². The van der Waals surface area contributed by atoms with Crippen molar-refractivity contribution in [2.75, 3.05) is 45.2 Å². The highest BCUT2D eigenvalue weighted by molar-refractivity contribution is 5.89. The molecule has 2 aromatic carbocycles. The third-order valence-corrected chi connectivity index (χ3v) is 5.34. The Morgan fingerprint density at radius 1 is 1.10 bits per heavy atom. The van der Waals surface area contributed by atoms with Crippen LogP contribution in [0.25, 0.3) is 0 Å². The molecular weight excluding hydrogens is 378 g/mol. The summed E-state index contributed by atoms with van der Waals surface area (Å²) in [6, 6.07) is 17.7. The number of carbonyl (C=O) groups is 1. The number of carbonyl (C=O) groups excluding carboxylic acids is 1. The first-order chi connectivity index (χ1) is 14.5. The quantitative estimate of drug-likeness (QED) is 0.665. The van der Waals surface area contributed by atoms with Crippen LogP contribution in [0.1, 0.15) is 19.4 Å². The van der Waals surface area contributed by atoms with E-state index in [1.807, 2.05) is 59.5 Å². The van der Waals surface area contributed by atoms with Crippen LogP contribution in [-0.4, -0.2) is 61.8 Å². The van der Waals surface area contributed by atoms with E-state index in [1.165, 1.54) is 0 Å². The van der Waals surface area contributed by atoms with Gasteiger partial charge in [0, 0.05) is 31.4 Å². The van der Waals surface area contributed by atoms with Crippen LogP contribution in [0.4, 0.5) is 10.5 Å². The van der Waals surface area contributed by atoms with E-state index in [0.717, 1.165) is 36.6 Å². The van der Waals surface area contributed by atoms with E-state index >= 15 is 0 Å². The Labute approximate surface area is 179 Å². The molecule has 6 nitrogen and oxygen atoms in total. The Hall–Kier alpha value is -2.57. The van der Waals surface area contributed by atoms with Gasteiger partial charge in [0.05, 0.1) is 13.2 Å². The number of urea groups is 1. The molecule has 0 radical (unpaired) electrons. The highest BCUT2D eigenvalue weighted by atomic mass is 16.5. The zero-order valence-electron chi connectivity index (χ0n) is 18.2. The lowest BCUT2D eigenvalue weighted by atomic mass is 10.0. The zero-order chi connectivity index (χ0) is 21.3. The zero-order valence-corrected chi connectivity index (χ0v) is 18.2. The number of anilines is 1. The summed E-state index contributed by atoms with van der Waals surface area (Å²) in [7, 11) is 2.11. The van der Waals surface area contributed by atoms with Gasteiger partial charge in [0.2, 0.25) is 0 Å². The first-order valence-electron chi connectivity index (χ1n) is 10.6. The number of para-hydroxylation sites is 1. The van der Waals surface area contributed by atoms with E-state index in [1.54, 1.807) is 0 Å². The number of hydrogen-bond acceptors (Lipinski definition) is 4. The summed E-state index contributed by atoms with van der Waals surface area (Å²) in [5.41, 5.74) is 1.81. The molecule has 0 aromatic heterocycles. The summed E-state index contributed by atoms with van der Waals surface area (Å²) < 4.78 is 11.4. The van der Waals surface area contributed by atoms with Crippen molar-refractivity contribution >= 4 is 11.7 Å². The molecule has 0 aliphatic carbocycles. The second-order valence-electron chi connectivity index (χ2n) is 8.11. The summed E-state index contributed by atoms with van der Waals surface area (Å²) in [6.45, 7) is 8.37. The summed E-state index contributed by atoms with van der Waals surface area (Å²) in [5.74, 6) is 1.26. The van der Waals surface area contributed by atoms with Gasteiger partial charge in [-0.15, -0.1) is 0 Å². The van der Waals surface area contributed by atoms with Crippen molar-refractivity contribution in [2.24, 2.45) is 5.92 Å². The highest BCUT2D eigenvalue weighted by Crippen LogP contribution is 2.19. The van der Waals surface area contributed by atoms with Gasteiger partial charge in [-0.05, 0) is 42.8 Å². The molecule has 1 heterocycles. The molecule has 0 saturated carbocycles. The van der Waals surface area contributed by atoms with Crippen LogP contribution in [0.3, 0.4) is 0 Å². The Morgan fingerprint density at radius 2 is 1.90 bits per heavy atom. The first kappa shape index (κ1) is 22.1. The number of nitrogens with zero attached hydrogens (tertiary/aromatic N) is 2. The van der Waals surface area contributed by atoms with Crippen LogP contribution >= 0.6 is 0 Å². The van der Waals surface area contributed by atoms with Gasteiger partial charge in [-0.2, -0.15) is 0 Å². The average molecular weight is 412 g/mol. The third-order valence-electron chi connectivity index (χ3n) is 5.34. The number of likely N-dealkylation sites (N-methyl/N-ethyl adjacent to an activating group) is 1. The SMILES string of the molecule is CC(C)[C@H]1CN(C)CCN1C(=O)Nc1cccc(COCCOc2ccccc2)c1. The number of ether oxygens (including phenoxy) is 2. The van der Waals surface area contributed by atoms with Crippen LogP contribution < -0.4 is 10.1 Å². The van der Waals surface area contributed by atoms with Crippen molar-refractivity contribution in [1.29, 1.82) is 0 Å². The number of amides is 2. The molecule has 0 unspecified atom stereocenters. The van der Waals surface area contributed by atoms with Gasteiger partial charge >= 0.3 is 6.03 Å². The molecular formula is C24H33N3O3. The maximum absolute atomic E-state index is 12.9. The van der Waals surface area contributed by atoms with Crippen LogP contribution in [0.2, 0.25) is 0 Å². The lowest BCUT2D eigenvalue weighted by molar-refractivity contribution is 0.0889. The molecule has 6 heteroatoms. The van der Waals surface area contributed by atoms with E-state index in [0.29, 0.717) is 25.7 Å². The fourth-order valence-corrected chi connectivity index (χ4v) is 3.64. The summed E-state index contributed by atoms with van der Waals surface area (Å²) in [5, 5.41) is 3.06. The average Bonchev–Trinajstić information content (AvgIpc) is 2.74. The van der Waals surface area contributed by atoms with Gasteiger partial charge in [0.1, 0.15) is 12.4 Å². The predicted octanol–water partition coefficient (Wildman–Crippen LogP) is 4.09. The molecule has 30 heavy (non-hydrogen) atoms. The minimum Gasteiger partial charge on any atom is -0.491 e. The number of rotatable bonds is 8. The maximum Gasteiger partial charge on any atom is 0.322 e. The standard InChI is InChI=1S/C24H33N3O3/c1-19(2)23-17-26(3)12-13-27(23)24(28)25-21-9-7-8-20(16-21)18-29-14-15-30-22-10-5-4-6-11-22/h4-11,16,19,23H,12-15,17-18H2,1-3H3,(H,25,28)/t23-/m1/s1. The van der Waals surface area contributed by atoms with Crippen LogP contribution in [0.5, 0.6) is 5.75 Å². The molecule has 2 amide bonds. The van der Waals surface area contributed by atoms with Gasteiger partial charge in [0.25, 0.3) is 0 Å². The second-order valence-corrected chi connectivity index (χ2v) is 8.11. The summed E-state index contributed by atoms with van der Waals surface area (Å²) in [4.78, 5) is 17.1. The van der Waals surface area contributed by atoms with Crippen molar-refractivity contribution in [1.82, 2.24) is 9.80 Å². The Bertz CT molecular complexity index is 797. The van der Waals surface area contributed by atoms with Crippen LogP contribution in [0.15, 0.2) is 54.6 Å². The van der Waals surface area contributed by atoms with Crippen molar-refractivity contribution in [3.63, 3.8) is 0 Å². The fraction of sp³-hybridized carbons (Fsp3) is 0.458. The molecule has 162 valence electrons. The normalized spacial score (nSPS) is 17.2. The van der Waals surface area contributed by atoms with Gasteiger partial charge in [-0.25, -0.2) is 4.79 Å². The number of benzene rings is 2. The molecule has 0 bridgehead atoms. The molecule has 1 saturated heterocycles. The van der Waals surface area contributed by atoms with Crippen LogP contribution in [-0.2, 0) is 11.3 Å². The molecule has 2 aromatic rings.